The predicted molar refractivity (Wildman–Crippen MR) is 134 cm³/mol. The van der Waals surface area contributed by atoms with Gasteiger partial charge in [-0.05, 0) is 25.5 Å². The Morgan fingerprint density at radius 2 is 1.89 bits per heavy atom. The number of hydrogen-bond donors (Lipinski definition) is 1. The van der Waals surface area contributed by atoms with Gasteiger partial charge >= 0.3 is 5.97 Å². The molecule has 0 fully saturated rings. The van der Waals surface area contributed by atoms with E-state index in [1.807, 2.05) is 54.5 Å². The van der Waals surface area contributed by atoms with Crippen LogP contribution in [0.3, 0.4) is 0 Å². The lowest BCUT2D eigenvalue weighted by Gasteiger charge is -2.21. The molecule has 0 saturated carbocycles. The first-order chi connectivity index (χ1) is 16.9. The molecule has 1 N–H and O–H groups in total. The van der Waals surface area contributed by atoms with Crippen LogP contribution in [0, 0.1) is 0 Å². The predicted octanol–water partition coefficient (Wildman–Crippen LogP) is 4.67. The van der Waals surface area contributed by atoms with E-state index >= 15 is 0 Å². The van der Waals surface area contributed by atoms with Crippen LogP contribution in [-0.2, 0) is 6.54 Å². The van der Waals surface area contributed by atoms with Crippen molar-refractivity contribution in [3.8, 4) is 17.1 Å². The van der Waals surface area contributed by atoms with E-state index in [0.717, 1.165) is 28.0 Å². The molecule has 0 aliphatic rings. The summed E-state index contributed by atoms with van der Waals surface area (Å²) in [5, 5.41) is 15.0. The first kappa shape index (κ1) is 22.4. The van der Waals surface area contributed by atoms with Crippen molar-refractivity contribution < 1.29 is 14.6 Å². The number of methoxy groups -OCH3 is 1. The molecule has 0 radical (unpaired) electrons. The minimum absolute atomic E-state index is 0.0496. The van der Waals surface area contributed by atoms with E-state index in [2.05, 4.69) is 40.6 Å². The Labute approximate surface area is 202 Å². The Morgan fingerprint density at radius 3 is 2.57 bits per heavy atom. The van der Waals surface area contributed by atoms with Gasteiger partial charge in [0.1, 0.15) is 17.0 Å². The Kier molecular flexibility index (Phi) is 5.60. The zero-order valence-corrected chi connectivity index (χ0v) is 20.0. The van der Waals surface area contributed by atoms with Gasteiger partial charge in [-0.25, -0.2) is 9.78 Å². The molecule has 9 nitrogen and oxygen atoms in total. The number of aromatic nitrogens is 5. The third kappa shape index (κ3) is 3.95. The molecule has 0 aliphatic carbocycles. The number of pyridine rings is 1. The highest BCUT2D eigenvalue weighted by Gasteiger charge is 2.22. The number of benzene rings is 1. The average molecular weight is 471 g/mol. The SMILES string of the molecule is COc1ccc2c(-c3cc(N(C)Cc4ccccc4)n4ncc(C(=O)O)c4n3)cn(C(C)C)c2n1. The fourth-order valence-electron chi connectivity index (χ4n) is 4.27. The normalized spacial score (nSPS) is 11.5. The van der Waals surface area contributed by atoms with Crippen molar-refractivity contribution in [2.45, 2.75) is 26.4 Å². The molecule has 0 unspecified atom stereocenters. The quantitative estimate of drug-likeness (QED) is 0.369. The standard InChI is InChI=1S/C26H26N6O3/c1-16(2)31-15-20(18-10-11-22(35-4)29-24(18)31)21-12-23(30(3)14-17-8-6-5-7-9-17)32-25(28-21)19(13-27-32)26(33)34/h5-13,15-16H,14H2,1-4H3,(H,33,34). The summed E-state index contributed by atoms with van der Waals surface area (Å²) in [6.45, 7) is 4.79. The van der Waals surface area contributed by atoms with Crippen molar-refractivity contribution in [2.24, 2.45) is 0 Å². The monoisotopic (exact) mass is 470 g/mol. The van der Waals surface area contributed by atoms with E-state index in [9.17, 15) is 9.90 Å². The fraction of sp³-hybridized carbons (Fsp3) is 0.231. The number of carbonyl (C=O) groups is 1. The van der Waals surface area contributed by atoms with Crippen LogP contribution in [0.25, 0.3) is 27.9 Å². The number of rotatable bonds is 7. The number of anilines is 1. The lowest BCUT2D eigenvalue weighted by molar-refractivity contribution is 0.0698. The molecule has 0 spiro atoms. The first-order valence-corrected chi connectivity index (χ1v) is 11.3. The van der Waals surface area contributed by atoms with Gasteiger partial charge in [-0.15, -0.1) is 0 Å². The van der Waals surface area contributed by atoms with Crippen LogP contribution >= 0.6 is 0 Å². The molecular weight excluding hydrogens is 444 g/mol. The largest absolute Gasteiger partial charge is 0.481 e. The summed E-state index contributed by atoms with van der Waals surface area (Å²) in [4.78, 5) is 23.4. The van der Waals surface area contributed by atoms with E-state index in [0.29, 0.717) is 18.1 Å². The highest BCUT2D eigenvalue weighted by atomic mass is 16.5. The van der Waals surface area contributed by atoms with Crippen molar-refractivity contribution in [2.75, 3.05) is 19.1 Å². The molecule has 4 aromatic heterocycles. The van der Waals surface area contributed by atoms with Crippen LogP contribution in [0.1, 0.15) is 35.8 Å². The Hall–Kier alpha value is -4.40. The van der Waals surface area contributed by atoms with Gasteiger partial charge in [-0.3, -0.25) is 0 Å². The third-order valence-electron chi connectivity index (χ3n) is 6.03. The van der Waals surface area contributed by atoms with Crippen LogP contribution in [0.5, 0.6) is 5.88 Å². The van der Waals surface area contributed by atoms with Crippen molar-refractivity contribution in [1.82, 2.24) is 24.1 Å². The molecule has 0 bridgehead atoms. The van der Waals surface area contributed by atoms with Crippen LogP contribution in [-0.4, -0.2) is 49.4 Å². The smallest absolute Gasteiger partial charge is 0.341 e. The van der Waals surface area contributed by atoms with Crippen LogP contribution < -0.4 is 9.64 Å². The topological polar surface area (TPSA) is 97.8 Å². The molecule has 0 amide bonds. The number of aromatic carboxylic acids is 1. The van der Waals surface area contributed by atoms with Gasteiger partial charge in [0, 0.05) is 48.9 Å². The summed E-state index contributed by atoms with van der Waals surface area (Å²) < 4.78 is 9.00. The second-order valence-corrected chi connectivity index (χ2v) is 8.71. The van der Waals surface area contributed by atoms with Gasteiger partial charge in [0.05, 0.1) is 19.0 Å². The maximum atomic E-state index is 11.9. The summed E-state index contributed by atoms with van der Waals surface area (Å²) >= 11 is 0. The summed E-state index contributed by atoms with van der Waals surface area (Å²) in [5.41, 5.74) is 3.75. The zero-order valence-electron chi connectivity index (χ0n) is 20.0. The lowest BCUT2D eigenvalue weighted by Crippen LogP contribution is -2.20. The summed E-state index contributed by atoms with van der Waals surface area (Å²) in [6, 6.07) is 15.9. The number of fused-ring (bicyclic) bond motifs is 2. The van der Waals surface area contributed by atoms with Crippen molar-refractivity contribution >= 4 is 28.5 Å². The lowest BCUT2D eigenvalue weighted by atomic mass is 10.1. The second-order valence-electron chi connectivity index (χ2n) is 8.71. The summed E-state index contributed by atoms with van der Waals surface area (Å²) in [6.07, 6.45) is 3.36. The molecular formula is C26H26N6O3. The number of nitrogens with zero attached hydrogens (tertiary/aromatic N) is 6. The van der Waals surface area contributed by atoms with Crippen LogP contribution in [0.2, 0.25) is 0 Å². The van der Waals surface area contributed by atoms with Crippen LogP contribution in [0.15, 0.2) is 60.9 Å². The highest BCUT2D eigenvalue weighted by Crippen LogP contribution is 2.34. The van der Waals surface area contributed by atoms with E-state index < -0.39 is 5.97 Å². The minimum atomic E-state index is -1.07. The molecule has 4 heterocycles. The van der Waals surface area contributed by atoms with Crippen molar-refractivity contribution in [1.29, 1.82) is 0 Å². The molecule has 0 saturated heterocycles. The molecule has 5 aromatic rings. The number of carboxylic acids is 1. The summed E-state index contributed by atoms with van der Waals surface area (Å²) in [5.74, 6) is 0.185. The summed E-state index contributed by atoms with van der Waals surface area (Å²) in [7, 11) is 3.55. The maximum absolute atomic E-state index is 11.9. The maximum Gasteiger partial charge on any atom is 0.341 e. The van der Waals surface area contributed by atoms with E-state index in [4.69, 9.17) is 9.72 Å². The number of hydrogen-bond acceptors (Lipinski definition) is 6. The number of carboxylic acid groups (broad SMARTS) is 1. The molecule has 5 rings (SSSR count). The Bertz CT molecular complexity index is 1540. The Balaban J connectivity index is 1.73. The molecule has 0 atom stereocenters. The average Bonchev–Trinajstić information content (AvgIpc) is 3.45. The van der Waals surface area contributed by atoms with Gasteiger partial charge < -0.3 is 19.3 Å². The molecule has 1 aromatic carbocycles. The van der Waals surface area contributed by atoms with Gasteiger partial charge in [-0.2, -0.15) is 14.6 Å². The highest BCUT2D eigenvalue weighted by molar-refractivity contribution is 5.97. The first-order valence-electron chi connectivity index (χ1n) is 11.3. The van der Waals surface area contributed by atoms with Crippen molar-refractivity contribution in [3.63, 3.8) is 0 Å². The van der Waals surface area contributed by atoms with Crippen molar-refractivity contribution in [3.05, 3.63) is 72.1 Å². The number of ether oxygens (including phenoxy) is 1. The van der Waals surface area contributed by atoms with Gasteiger partial charge in [0.2, 0.25) is 5.88 Å². The zero-order chi connectivity index (χ0) is 24.7. The molecule has 35 heavy (non-hydrogen) atoms. The molecule has 178 valence electrons. The van der Waals surface area contributed by atoms with E-state index in [1.54, 1.807) is 11.6 Å². The second kappa shape index (κ2) is 8.75. The Morgan fingerprint density at radius 1 is 1.11 bits per heavy atom. The van der Waals surface area contributed by atoms with Gasteiger partial charge in [0.15, 0.2) is 5.65 Å². The van der Waals surface area contributed by atoms with E-state index in [1.165, 1.54) is 6.20 Å². The molecule has 0 aliphatic heterocycles. The fourth-order valence-corrected chi connectivity index (χ4v) is 4.27. The van der Waals surface area contributed by atoms with Gasteiger partial charge in [-0.1, -0.05) is 30.3 Å². The van der Waals surface area contributed by atoms with Gasteiger partial charge in [0.25, 0.3) is 0 Å². The third-order valence-corrected chi connectivity index (χ3v) is 6.03. The van der Waals surface area contributed by atoms with E-state index in [-0.39, 0.29) is 17.3 Å². The minimum Gasteiger partial charge on any atom is -0.481 e. The molecule has 9 heteroatoms. The van der Waals surface area contributed by atoms with Crippen LogP contribution in [0.4, 0.5) is 5.82 Å².